The van der Waals surface area contributed by atoms with Crippen molar-refractivity contribution in [2.75, 3.05) is 0 Å². The highest BCUT2D eigenvalue weighted by molar-refractivity contribution is 9.08. The predicted octanol–water partition coefficient (Wildman–Crippen LogP) is 2.90. The Balaban J connectivity index is 3.25. The van der Waals surface area contributed by atoms with E-state index < -0.39 is 0 Å². The van der Waals surface area contributed by atoms with E-state index in [9.17, 15) is 5.11 Å². The lowest BCUT2D eigenvalue weighted by Crippen LogP contribution is -1.88. The van der Waals surface area contributed by atoms with Crippen molar-refractivity contribution in [1.29, 1.82) is 0 Å². The zero-order valence-electron chi connectivity index (χ0n) is 6.69. The average molecular weight is 215 g/mol. The van der Waals surface area contributed by atoms with Gasteiger partial charge in [-0.3, -0.25) is 0 Å². The first-order chi connectivity index (χ1) is 5.16. The summed E-state index contributed by atoms with van der Waals surface area (Å²) < 4.78 is 0. The molecule has 11 heavy (non-hydrogen) atoms. The molecule has 0 spiro atoms. The van der Waals surface area contributed by atoms with Gasteiger partial charge in [0.2, 0.25) is 0 Å². The summed E-state index contributed by atoms with van der Waals surface area (Å²) in [5, 5.41) is 10.2. The zero-order chi connectivity index (χ0) is 8.43. The van der Waals surface area contributed by atoms with Gasteiger partial charge in [-0.1, -0.05) is 22.0 Å². The monoisotopic (exact) mass is 214 g/mol. The molecule has 1 aromatic rings. The van der Waals surface area contributed by atoms with Crippen LogP contribution in [0.1, 0.15) is 16.7 Å². The molecule has 0 saturated heterocycles. The van der Waals surface area contributed by atoms with Gasteiger partial charge in [0.05, 0.1) is 0 Å². The normalized spacial score (nSPS) is 10.1. The number of benzene rings is 1. The molecule has 0 atom stereocenters. The molecule has 0 amide bonds. The number of alkyl halides is 1. The van der Waals surface area contributed by atoms with Gasteiger partial charge in [0, 0.05) is 5.33 Å². The van der Waals surface area contributed by atoms with Crippen LogP contribution in [-0.2, 0) is 5.33 Å². The van der Waals surface area contributed by atoms with Crippen LogP contribution in [0.15, 0.2) is 12.1 Å². The largest absolute Gasteiger partial charge is 0.508 e. The maximum absolute atomic E-state index is 9.30. The third-order valence-electron chi connectivity index (χ3n) is 2.01. The van der Waals surface area contributed by atoms with Gasteiger partial charge in [0.15, 0.2) is 0 Å². The molecule has 0 unspecified atom stereocenters. The van der Waals surface area contributed by atoms with Gasteiger partial charge in [-0.25, -0.2) is 0 Å². The molecule has 0 aromatic heterocycles. The minimum absolute atomic E-state index is 0.382. The molecule has 0 bridgehead atoms. The van der Waals surface area contributed by atoms with Crippen LogP contribution in [-0.4, -0.2) is 5.11 Å². The van der Waals surface area contributed by atoms with E-state index in [1.807, 2.05) is 19.9 Å². The fraction of sp³-hybridized carbons (Fsp3) is 0.333. The Morgan fingerprint density at radius 2 is 1.91 bits per heavy atom. The number of phenols is 1. The number of halogens is 1. The van der Waals surface area contributed by atoms with Crippen molar-refractivity contribution in [3.8, 4) is 5.75 Å². The van der Waals surface area contributed by atoms with Crippen LogP contribution in [0.3, 0.4) is 0 Å². The quantitative estimate of drug-likeness (QED) is 0.714. The lowest BCUT2D eigenvalue weighted by Gasteiger charge is -2.06. The SMILES string of the molecule is Cc1c(O)ccc(CBr)c1C. The van der Waals surface area contributed by atoms with Crippen molar-refractivity contribution in [3.63, 3.8) is 0 Å². The van der Waals surface area contributed by atoms with E-state index >= 15 is 0 Å². The first-order valence-electron chi connectivity index (χ1n) is 3.51. The molecule has 60 valence electrons. The second-order valence-corrected chi connectivity index (χ2v) is 3.19. The Labute approximate surface area is 75.2 Å². The predicted molar refractivity (Wildman–Crippen MR) is 50.2 cm³/mol. The van der Waals surface area contributed by atoms with E-state index in [1.54, 1.807) is 6.07 Å². The number of aromatic hydroxyl groups is 1. The minimum atomic E-state index is 0.382. The maximum atomic E-state index is 9.30. The molecule has 1 aromatic carbocycles. The molecule has 0 fully saturated rings. The fourth-order valence-corrected chi connectivity index (χ4v) is 1.61. The van der Waals surface area contributed by atoms with E-state index in [-0.39, 0.29) is 0 Å². The van der Waals surface area contributed by atoms with Crippen molar-refractivity contribution < 1.29 is 5.11 Å². The van der Waals surface area contributed by atoms with Crippen molar-refractivity contribution in [2.24, 2.45) is 0 Å². The molecule has 0 aliphatic carbocycles. The van der Waals surface area contributed by atoms with Gasteiger partial charge in [-0.15, -0.1) is 0 Å². The highest BCUT2D eigenvalue weighted by Crippen LogP contribution is 2.23. The molecule has 0 aliphatic heterocycles. The second kappa shape index (κ2) is 3.26. The zero-order valence-corrected chi connectivity index (χ0v) is 8.27. The Morgan fingerprint density at radius 1 is 1.27 bits per heavy atom. The molecule has 1 N–H and O–H groups in total. The molecule has 1 nitrogen and oxygen atoms in total. The number of rotatable bonds is 1. The topological polar surface area (TPSA) is 20.2 Å². The summed E-state index contributed by atoms with van der Waals surface area (Å²) in [7, 11) is 0. The molecular formula is C9H11BrO. The summed E-state index contributed by atoms with van der Waals surface area (Å²) in [6, 6.07) is 3.67. The van der Waals surface area contributed by atoms with Crippen LogP contribution in [0.4, 0.5) is 0 Å². The minimum Gasteiger partial charge on any atom is -0.508 e. The highest BCUT2D eigenvalue weighted by atomic mass is 79.9. The molecule has 2 heteroatoms. The summed E-state index contributed by atoms with van der Waals surface area (Å²) in [5.74, 6) is 0.382. The van der Waals surface area contributed by atoms with E-state index in [2.05, 4.69) is 15.9 Å². The van der Waals surface area contributed by atoms with Gasteiger partial charge in [-0.05, 0) is 36.6 Å². The first-order valence-corrected chi connectivity index (χ1v) is 4.63. The molecular weight excluding hydrogens is 204 g/mol. The first kappa shape index (κ1) is 8.60. The Morgan fingerprint density at radius 3 is 2.45 bits per heavy atom. The standard InChI is InChI=1S/C9H11BrO/c1-6-7(2)9(11)4-3-8(6)5-10/h3-4,11H,5H2,1-2H3. The summed E-state index contributed by atoms with van der Waals surface area (Å²) in [4.78, 5) is 0. The number of hydrogen-bond acceptors (Lipinski definition) is 1. The molecule has 0 heterocycles. The fourth-order valence-electron chi connectivity index (χ4n) is 1.01. The molecule has 0 aliphatic rings. The average Bonchev–Trinajstić information content (AvgIpc) is 2.01. The van der Waals surface area contributed by atoms with Crippen molar-refractivity contribution in [2.45, 2.75) is 19.2 Å². The van der Waals surface area contributed by atoms with Gasteiger partial charge in [-0.2, -0.15) is 0 Å². The lowest BCUT2D eigenvalue weighted by atomic mass is 10.0. The third-order valence-corrected chi connectivity index (χ3v) is 2.62. The summed E-state index contributed by atoms with van der Waals surface area (Å²) in [6.45, 7) is 3.95. The van der Waals surface area contributed by atoms with Crippen molar-refractivity contribution in [3.05, 3.63) is 28.8 Å². The summed E-state index contributed by atoms with van der Waals surface area (Å²) in [5.41, 5.74) is 3.38. The van der Waals surface area contributed by atoms with Crippen LogP contribution in [0.25, 0.3) is 0 Å². The summed E-state index contributed by atoms with van der Waals surface area (Å²) >= 11 is 3.39. The van der Waals surface area contributed by atoms with E-state index in [1.165, 1.54) is 11.1 Å². The smallest absolute Gasteiger partial charge is 0.118 e. The van der Waals surface area contributed by atoms with E-state index in [4.69, 9.17) is 0 Å². The van der Waals surface area contributed by atoms with Crippen molar-refractivity contribution in [1.82, 2.24) is 0 Å². The Bertz CT molecular complexity index is 269. The van der Waals surface area contributed by atoms with Crippen LogP contribution in [0, 0.1) is 13.8 Å². The van der Waals surface area contributed by atoms with Crippen LogP contribution in [0.5, 0.6) is 5.75 Å². The summed E-state index contributed by atoms with van der Waals surface area (Å²) in [6.07, 6.45) is 0. The number of hydrogen-bond donors (Lipinski definition) is 1. The number of phenolic OH excluding ortho intramolecular Hbond substituents is 1. The Hall–Kier alpha value is -0.500. The molecule has 1 rings (SSSR count). The molecule has 0 saturated carbocycles. The highest BCUT2D eigenvalue weighted by Gasteiger charge is 2.02. The van der Waals surface area contributed by atoms with Crippen LogP contribution in [0.2, 0.25) is 0 Å². The van der Waals surface area contributed by atoms with Gasteiger partial charge >= 0.3 is 0 Å². The third kappa shape index (κ3) is 1.56. The lowest BCUT2D eigenvalue weighted by molar-refractivity contribution is 0.470. The van der Waals surface area contributed by atoms with Crippen LogP contribution < -0.4 is 0 Å². The van der Waals surface area contributed by atoms with E-state index in [0.717, 1.165) is 10.9 Å². The second-order valence-electron chi connectivity index (χ2n) is 2.63. The van der Waals surface area contributed by atoms with Gasteiger partial charge in [0.1, 0.15) is 5.75 Å². The van der Waals surface area contributed by atoms with Gasteiger partial charge < -0.3 is 5.11 Å². The molecule has 0 radical (unpaired) electrons. The van der Waals surface area contributed by atoms with Crippen LogP contribution >= 0.6 is 15.9 Å². The van der Waals surface area contributed by atoms with Crippen molar-refractivity contribution >= 4 is 15.9 Å². The maximum Gasteiger partial charge on any atom is 0.118 e. The Kier molecular flexibility index (Phi) is 2.55. The van der Waals surface area contributed by atoms with Gasteiger partial charge in [0.25, 0.3) is 0 Å². The van der Waals surface area contributed by atoms with E-state index in [0.29, 0.717) is 5.75 Å².